The van der Waals surface area contributed by atoms with Crippen molar-refractivity contribution in [1.29, 1.82) is 0 Å². The number of carboxylic acid groups (broad SMARTS) is 1. The second-order valence-corrected chi connectivity index (χ2v) is 2.06. The summed E-state index contributed by atoms with van der Waals surface area (Å²) < 4.78 is 4.27. The van der Waals surface area contributed by atoms with Gasteiger partial charge in [0.05, 0.1) is 12.5 Å². The summed E-state index contributed by atoms with van der Waals surface area (Å²) in [6, 6.07) is 0. The Hall–Kier alpha value is 0.860. The predicted molar refractivity (Wildman–Crippen MR) is 35.6 cm³/mol. The predicted octanol–water partition coefficient (Wildman–Crippen LogP) is -8.78. The number of ether oxygens (including phenoxy) is 1. The van der Waals surface area contributed by atoms with E-state index in [2.05, 4.69) is 10.1 Å². The Kier molecular flexibility index (Phi) is 17.3. The molecule has 8 heteroatoms. The number of carbonyl (C=O) groups is 2. The molecule has 0 rings (SSSR count). The fourth-order valence-electron chi connectivity index (χ4n) is 0.499. The molecule has 0 aromatic rings. The van der Waals surface area contributed by atoms with Gasteiger partial charge in [0.25, 0.3) is 0 Å². The Morgan fingerprint density at radius 3 is 2.29 bits per heavy atom. The second-order valence-electron chi connectivity index (χ2n) is 2.06. The molecule has 0 amide bonds. The Morgan fingerprint density at radius 2 is 1.93 bits per heavy atom. The van der Waals surface area contributed by atoms with Crippen LogP contribution in [0.2, 0.25) is 0 Å². The SMILES string of the molecule is CC(O)OC(=O)CNCC(=O)[O-].[Na+].[Na+]. The van der Waals surface area contributed by atoms with Crippen LogP contribution in [0.25, 0.3) is 0 Å². The number of hydrogen-bond donors (Lipinski definition) is 2. The van der Waals surface area contributed by atoms with Gasteiger partial charge >= 0.3 is 65.1 Å². The number of aliphatic hydroxyl groups is 1. The van der Waals surface area contributed by atoms with Crippen molar-refractivity contribution in [2.75, 3.05) is 13.1 Å². The minimum absolute atomic E-state index is 0. The third-order valence-electron chi connectivity index (χ3n) is 0.841. The maximum Gasteiger partial charge on any atom is 1.00 e. The molecule has 0 fully saturated rings. The molecule has 2 N–H and O–H groups in total. The molecule has 0 aliphatic heterocycles. The molecule has 14 heavy (non-hydrogen) atoms. The van der Waals surface area contributed by atoms with Crippen molar-refractivity contribution >= 4 is 11.9 Å². The van der Waals surface area contributed by atoms with Crippen molar-refractivity contribution < 1.29 is 83.7 Å². The zero-order valence-electron chi connectivity index (χ0n) is 8.57. The number of carboxylic acids is 1. The van der Waals surface area contributed by atoms with Crippen molar-refractivity contribution in [3.63, 3.8) is 0 Å². The summed E-state index contributed by atoms with van der Waals surface area (Å²) in [6.07, 6.45) is -1.18. The molecule has 0 saturated carbocycles. The van der Waals surface area contributed by atoms with Gasteiger partial charge in [0.1, 0.15) is 0 Å². The maximum absolute atomic E-state index is 10.6. The molecule has 0 bridgehead atoms. The first kappa shape index (κ1) is 20.3. The number of rotatable bonds is 5. The van der Waals surface area contributed by atoms with Gasteiger partial charge in [0.15, 0.2) is 6.29 Å². The minimum Gasteiger partial charge on any atom is -0.549 e. The molecule has 0 aromatic carbocycles. The third-order valence-corrected chi connectivity index (χ3v) is 0.841. The fourth-order valence-corrected chi connectivity index (χ4v) is 0.499. The standard InChI is InChI=1S/C6H11NO5.2Na/c1-4(8)12-6(11)3-7-2-5(9)10;;/h4,7-8H,2-3H2,1H3,(H,9,10);;/q;2*+1/p-1. The van der Waals surface area contributed by atoms with Crippen LogP contribution in [-0.2, 0) is 14.3 Å². The molecule has 0 saturated heterocycles. The van der Waals surface area contributed by atoms with E-state index in [1.54, 1.807) is 0 Å². The molecular formula is C6H10NNa2O5+. The van der Waals surface area contributed by atoms with Gasteiger partial charge in [-0.2, -0.15) is 0 Å². The maximum atomic E-state index is 10.6. The third kappa shape index (κ3) is 15.3. The van der Waals surface area contributed by atoms with Gasteiger partial charge in [-0.05, 0) is 6.92 Å². The van der Waals surface area contributed by atoms with Crippen LogP contribution in [0, 0.1) is 0 Å². The van der Waals surface area contributed by atoms with Gasteiger partial charge in [0.2, 0.25) is 0 Å². The Bertz CT molecular complexity index is 176. The van der Waals surface area contributed by atoms with Crippen LogP contribution in [0.1, 0.15) is 6.92 Å². The van der Waals surface area contributed by atoms with Gasteiger partial charge in [0, 0.05) is 6.54 Å². The zero-order chi connectivity index (χ0) is 9.56. The molecule has 0 aromatic heterocycles. The zero-order valence-corrected chi connectivity index (χ0v) is 12.6. The largest absolute Gasteiger partial charge is 1.00 e. The van der Waals surface area contributed by atoms with Crippen LogP contribution in [0.4, 0.5) is 0 Å². The molecule has 70 valence electrons. The summed E-state index contributed by atoms with van der Waals surface area (Å²) in [7, 11) is 0. The average molecular weight is 222 g/mol. The summed E-state index contributed by atoms with van der Waals surface area (Å²) in [4.78, 5) is 20.4. The summed E-state index contributed by atoms with van der Waals surface area (Å²) >= 11 is 0. The molecule has 1 unspecified atom stereocenters. The van der Waals surface area contributed by atoms with Gasteiger partial charge in [-0.25, -0.2) is 0 Å². The molecular weight excluding hydrogens is 212 g/mol. The van der Waals surface area contributed by atoms with E-state index in [-0.39, 0.29) is 65.7 Å². The van der Waals surface area contributed by atoms with E-state index in [9.17, 15) is 14.7 Å². The van der Waals surface area contributed by atoms with E-state index < -0.39 is 24.8 Å². The van der Waals surface area contributed by atoms with Gasteiger partial charge in [-0.15, -0.1) is 0 Å². The number of hydrogen-bond acceptors (Lipinski definition) is 6. The number of aliphatic carboxylic acids is 1. The molecule has 0 aliphatic carbocycles. The van der Waals surface area contributed by atoms with Gasteiger partial charge < -0.3 is 25.1 Å². The summed E-state index contributed by atoms with van der Waals surface area (Å²) in [5.74, 6) is -2.02. The minimum atomic E-state index is -1.31. The second kappa shape index (κ2) is 11.9. The number of carbonyl (C=O) groups excluding carboxylic acids is 2. The Labute approximate surface area is 126 Å². The van der Waals surface area contributed by atoms with E-state index >= 15 is 0 Å². The topological polar surface area (TPSA) is 98.7 Å². The number of aliphatic hydroxyl groups excluding tert-OH is 1. The summed E-state index contributed by atoms with van der Waals surface area (Å²) in [6.45, 7) is 0.588. The van der Waals surface area contributed by atoms with Crippen LogP contribution in [0.3, 0.4) is 0 Å². The van der Waals surface area contributed by atoms with Crippen molar-refractivity contribution in [1.82, 2.24) is 5.32 Å². The smallest absolute Gasteiger partial charge is 0.549 e. The van der Waals surface area contributed by atoms with Crippen LogP contribution >= 0.6 is 0 Å². The van der Waals surface area contributed by atoms with Crippen LogP contribution in [0.15, 0.2) is 0 Å². The summed E-state index contributed by atoms with van der Waals surface area (Å²) in [5, 5.41) is 20.6. The molecule has 0 radical (unpaired) electrons. The molecule has 0 aliphatic rings. The van der Waals surface area contributed by atoms with Crippen LogP contribution in [0.5, 0.6) is 0 Å². The first-order valence-corrected chi connectivity index (χ1v) is 3.30. The first-order chi connectivity index (χ1) is 5.52. The van der Waals surface area contributed by atoms with E-state index in [0.717, 1.165) is 0 Å². The van der Waals surface area contributed by atoms with E-state index in [0.29, 0.717) is 0 Å². The van der Waals surface area contributed by atoms with Gasteiger partial charge in [-0.1, -0.05) is 0 Å². The Balaban J connectivity index is -0.000000605. The van der Waals surface area contributed by atoms with Crippen LogP contribution < -0.4 is 69.5 Å². The van der Waals surface area contributed by atoms with Crippen LogP contribution in [-0.4, -0.2) is 36.4 Å². The molecule has 1 atom stereocenters. The van der Waals surface area contributed by atoms with Crippen molar-refractivity contribution in [2.45, 2.75) is 13.2 Å². The first-order valence-electron chi connectivity index (χ1n) is 3.30. The molecule has 6 nitrogen and oxygen atoms in total. The van der Waals surface area contributed by atoms with Crippen molar-refractivity contribution in [3.05, 3.63) is 0 Å². The Morgan fingerprint density at radius 1 is 1.43 bits per heavy atom. The fraction of sp³-hybridized carbons (Fsp3) is 0.667. The average Bonchev–Trinajstić information content (AvgIpc) is 1.84. The summed E-state index contributed by atoms with van der Waals surface area (Å²) in [5.41, 5.74) is 0. The molecule has 0 heterocycles. The van der Waals surface area contributed by atoms with Crippen molar-refractivity contribution in [2.24, 2.45) is 0 Å². The number of esters is 1. The van der Waals surface area contributed by atoms with Crippen molar-refractivity contribution in [3.8, 4) is 0 Å². The monoisotopic (exact) mass is 222 g/mol. The molecule has 0 spiro atoms. The van der Waals surface area contributed by atoms with E-state index in [1.807, 2.05) is 0 Å². The number of nitrogens with one attached hydrogen (secondary N) is 1. The normalized spacial score (nSPS) is 10.4. The van der Waals surface area contributed by atoms with E-state index in [4.69, 9.17) is 5.11 Å². The van der Waals surface area contributed by atoms with E-state index in [1.165, 1.54) is 6.92 Å². The quantitative estimate of drug-likeness (QED) is 0.272. The van der Waals surface area contributed by atoms with Gasteiger partial charge in [-0.3, -0.25) is 4.79 Å².